The molecule has 2 aromatic rings. The third-order valence-corrected chi connectivity index (χ3v) is 4.77. The van der Waals surface area contributed by atoms with E-state index >= 15 is 0 Å². The Hall–Kier alpha value is -2.15. The summed E-state index contributed by atoms with van der Waals surface area (Å²) in [7, 11) is 1.41. The zero-order chi connectivity index (χ0) is 15.7. The maximum Gasteiger partial charge on any atom is 0.331 e. The predicted molar refractivity (Wildman–Crippen MR) is 84.0 cm³/mol. The number of nitrogens with zero attached hydrogens (tertiary/aromatic N) is 3. The van der Waals surface area contributed by atoms with E-state index in [0.29, 0.717) is 6.54 Å². The molecule has 2 aromatic heterocycles. The molecular formula is C15H17N3O3S. The first-order chi connectivity index (χ1) is 10.6. The Morgan fingerprint density at radius 2 is 2.18 bits per heavy atom. The largest absolute Gasteiger partial charge is 0.334 e. The molecule has 0 aromatic carbocycles. The van der Waals surface area contributed by atoms with E-state index in [0.717, 1.165) is 23.0 Å². The van der Waals surface area contributed by atoms with Crippen molar-refractivity contribution in [2.45, 2.75) is 25.4 Å². The molecule has 22 heavy (non-hydrogen) atoms. The van der Waals surface area contributed by atoms with Crippen LogP contribution in [0.3, 0.4) is 0 Å². The second-order valence-corrected chi connectivity index (χ2v) is 6.21. The summed E-state index contributed by atoms with van der Waals surface area (Å²) >= 11 is 1.62. The lowest BCUT2D eigenvalue weighted by Crippen LogP contribution is -2.41. The summed E-state index contributed by atoms with van der Waals surface area (Å²) in [5.74, 6) is -0.0885. The van der Waals surface area contributed by atoms with Gasteiger partial charge in [0.25, 0.3) is 5.56 Å². The van der Waals surface area contributed by atoms with Gasteiger partial charge in [0.15, 0.2) is 0 Å². The van der Waals surface area contributed by atoms with Gasteiger partial charge in [-0.15, -0.1) is 0 Å². The van der Waals surface area contributed by atoms with E-state index in [9.17, 15) is 14.4 Å². The first kappa shape index (κ1) is 14.8. The third kappa shape index (κ3) is 2.64. The number of aromatic nitrogens is 2. The van der Waals surface area contributed by atoms with Crippen molar-refractivity contribution in [1.29, 1.82) is 0 Å². The fourth-order valence-electron chi connectivity index (χ4n) is 2.85. The van der Waals surface area contributed by atoms with Crippen molar-refractivity contribution in [1.82, 2.24) is 14.0 Å². The molecule has 0 saturated carbocycles. The van der Waals surface area contributed by atoms with E-state index in [1.165, 1.54) is 23.9 Å². The topological polar surface area (TPSA) is 64.3 Å². The molecule has 1 saturated heterocycles. The summed E-state index contributed by atoms with van der Waals surface area (Å²) in [4.78, 5) is 37.8. The Bertz CT molecular complexity index is 791. The van der Waals surface area contributed by atoms with Crippen LogP contribution in [0.2, 0.25) is 0 Å². The SMILES string of the molecule is Cn1c(=O)ccn(CC(=O)N2CCC[C@H]2c2ccsc2)c1=O. The Morgan fingerprint density at radius 1 is 1.36 bits per heavy atom. The molecule has 1 aliphatic heterocycles. The van der Waals surface area contributed by atoms with Gasteiger partial charge in [-0.25, -0.2) is 4.79 Å². The number of amides is 1. The molecule has 6 nitrogen and oxygen atoms in total. The lowest BCUT2D eigenvalue weighted by Gasteiger charge is -2.24. The molecule has 3 heterocycles. The van der Waals surface area contributed by atoms with Crippen molar-refractivity contribution in [2.75, 3.05) is 6.54 Å². The van der Waals surface area contributed by atoms with Gasteiger partial charge < -0.3 is 4.90 Å². The van der Waals surface area contributed by atoms with Gasteiger partial charge in [-0.1, -0.05) is 0 Å². The van der Waals surface area contributed by atoms with Gasteiger partial charge in [0.1, 0.15) is 6.54 Å². The maximum absolute atomic E-state index is 12.6. The number of hydrogen-bond acceptors (Lipinski definition) is 4. The molecule has 0 N–H and O–H groups in total. The van der Waals surface area contributed by atoms with Gasteiger partial charge >= 0.3 is 5.69 Å². The number of carbonyl (C=O) groups is 1. The van der Waals surface area contributed by atoms with E-state index in [-0.39, 0.29) is 24.1 Å². The minimum absolute atomic E-state index is 0.0341. The van der Waals surface area contributed by atoms with Gasteiger partial charge in [0.05, 0.1) is 6.04 Å². The molecule has 0 radical (unpaired) electrons. The molecule has 0 unspecified atom stereocenters. The standard InChI is InChI=1S/C15H17N3O3S/c1-16-13(19)4-7-17(15(16)21)9-14(20)18-6-2-3-12(18)11-5-8-22-10-11/h4-5,7-8,10,12H,2-3,6,9H2,1H3/t12-/m0/s1. The molecule has 0 spiro atoms. The van der Waals surface area contributed by atoms with Gasteiger partial charge in [-0.05, 0) is 35.2 Å². The molecule has 1 amide bonds. The Labute approximate surface area is 131 Å². The molecule has 1 atom stereocenters. The summed E-state index contributed by atoms with van der Waals surface area (Å²) in [6.07, 6.45) is 3.30. The Kier molecular flexibility index (Phi) is 3.98. The highest BCUT2D eigenvalue weighted by atomic mass is 32.1. The van der Waals surface area contributed by atoms with Crippen LogP contribution >= 0.6 is 11.3 Å². The quantitative estimate of drug-likeness (QED) is 0.847. The van der Waals surface area contributed by atoms with Gasteiger partial charge in [0.2, 0.25) is 5.91 Å². The number of carbonyl (C=O) groups excluding carboxylic acids is 1. The fraction of sp³-hybridized carbons (Fsp3) is 0.400. The van der Waals surface area contributed by atoms with Crippen LogP contribution in [0.15, 0.2) is 38.7 Å². The van der Waals surface area contributed by atoms with E-state index in [1.807, 2.05) is 16.3 Å². The highest BCUT2D eigenvalue weighted by molar-refractivity contribution is 7.07. The van der Waals surface area contributed by atoms with Gasteiger partial charge in [0, 0.05) is 25.9 Å². The van der Waals surface area contributed by atoms with Crippen LogP contribution in [-0.4, -0.2) is 26.5 Å². The summed E-state index contributed by atoms with van der Waals surface area (Å²) in [6.45, 7) is 0.674. The summed E-state index contributed by atoms with van der Waals surface area (Å²) < 4.78 is 2.29. The summed E-state index contributed by atoms with van der Waals surface area (Å²) in [5.41, 5.74) is 0.321. The zero-order valence-electron chi connectivity index (χ0n) is 12.3. The molecule has 7 heteroatoms. The minimum atomic E-state index is -0.466. The number of hydrogen-bond donors (Lipinski definition) is 0. The number of likely N-dealkylation sites (tertiary alicyclic amines) is 1. The smallest absolute Gasteiger partial charge is 0.331 e. The van der Waals surface area contributed by atoms with Crippen molar-refractivity contribution in [3.8, 4) is 0 Å². The van der Waals surface area contributed by atoms with Crippen LogP contribution in [0.5, 0.6) is 0 Å². The monoisotopic (exact) mass is 319 g/mol. The maximum atomic E-state index is 12.6. The second-order valence-electron chi connectivity index (χ2n) is 5.43. The molecule has 3 rings (SSSR count). The van der Waals surface area contributed by atoms with Crippen molar-refractivity contribution >= 4 is 17.2 Å². The molecule has 1 aliphatic rings. The second kappa shape index (κ2) is 5.92. The molecule has 0 bridgehead atoms. The van der Waals surface area contributed by atoms with Crippen LogP contribution in [0, 0.1) is 0 Å². The highest BCUT2D eigenvalue weighted by Gasteiger charge is 2.30. The van der Waals surface area contributed by atoms with Crippen molar-refractivity contribution in [3.63, 3.8) is 0 Å². The highest BCUT2D eigenvalue weighted by Crippen LogP contribution is 2.33. The van der Waals surface area contributed by atoms with E-state index < -0.39 is 5.69 Å². The third-order valence-electron chi connectivity index (χ3n) is 4.07. The molecular weight excluding hydrogens is 302 g/mol. The summed E-state index contributed by atoms with van der Waals surface area (Å²) in [5, 5.41) is 4.07. The van der Waals surface area contributed by atoms with Crippen molar-refractivity contribution in [2.24, 2.45) is 7.05 Å². The van der Waals surface area contributed by atoms with Gasteiger partial charge in [-0.2, -0.15) is 11.3 Å². The van der Waals surface area contributed by atoms with E-state index in [1.54, 1.807) is 11.3 Å². The molecule has 0 aliphatic carbocycles. The summed E-state index contributed by atoms with van der Waals surface area (Å²) in [6, 6.07) is 3.44. The van der Waals surface area contributed by atoms with Crippen LogP contribution in [0.25, 0.3) is 0 Å². The van der Waals surface area contributed by atoms with Crippen LogP contribution in [-0.2, 0) is 18.4 Å². The average Bonchev–Trinajstić information content (AvgIpc) is 3.17. The molecule has 1 fully saturated rings. The average molecular weight is 319 g/mol. The van der Waals surface area contributed by atoms with Crippen LogP contribution in [0.1, 0.15) is 24.4 Å². The van der Waals surface area contributed by atoms with Crippen LogP contribution < -0.4 is 11.2 Å². The lowest BCUT2D eigenvalue weighted by atomic mass is 10.1. The van der Waals surface area contributed by atoms with Crippen molar-refractivity contribution < 1.29 is 4.79 Å². The first-order valence-electron chi connectivity index (χ1n) is 7.16. The predicted octanol–water partition coefficient (Wildman–Crippen LogP) is 0.972. The number of rotatable bonds is 3. The van der Waals surface area contributed by atoms with Crippen LogP contribution in [0.4, 0.5) is 0 Å². The fourth-order valence-corrected chi connectivity index (χ4v) is 3.56. The normalized spacial score (nSPS) is 17.9. The minimum Gasteiger partial charge on any atom is -0.334 e. The van der Waals surface area contributed by atoms with E-state index in [2.05, 4.69) is 5.38 Å². The van der Waals surface area contributed by atoms with Crippen molar-refractivity contribution in [3.05, 3.63) is 55.5 Å². The number of thiophene rings is 1. The Balaban J connectivity index is 1.81. The first-order valence-corrected chi connectivity index (χ1v) is 8.10. The Morgan fingerprint density at radius 3 is 2.91 bits per heavy atom. The van der Waals surface area contributed by atoms with E-state index in [4.69, 9.17) is 0 Å². The lowest BCUT2D eigenvalue weighted by molar-refractivity contribution is -0.132. The van der Waals surface area contributed by atoms with Gasteiger partial charge in [-0.3, -0.25) is 18.7 Å². The zero-order valence-corrected chi connectivity index (χ0v) is 13.1. The molecule has 116 valence electrons.